The first kappa shape index (κ1) is 12.8. The van der Waals surface area contributed by atoms with E-state index in [0.29, 0.717) is 17.8 Å². The third-order valence-electron chi connectivity index (χ3n) is 3.22. The molecule has 0 saturated heterocycles. The average molecular weight is 260 g/mol. The van der Waals surface area contributed by atoms with Gasteiger partial charge in [-0.2, -0.15) is 0 Å². The second-order valence-corrected chi connectivity index (χ2v) is 5.27. The molecule has 4 heteroatoms. The maximum atomic E-state index is 12.9. The predicted molar refractivity (Wildman–Crippen MR) is 65.0 cm³/mol. The summed E-state index contributed by atoms with van der Waals surface area (Å²) >= 11 is 6.02. The summed E-state index contributed by atoms with van der Waals surface area (Å²) in [5.41, 5.74) is 0.768. The smallest absolute Gasteiger partial charge is 0.159 e. The molecule has 1 fully saturated rings. The van der Waals surface area contributed by atoms with Crippen LogP contribution in [0.4, 0.5) is 8.78 Å². The Labute approximate surface area is 105 Å². The van der Waals surface area contributed by atoms with E-state index in [2.05, 4.69) is 5.32 Å². The highest BCUT2D eigenvalue weighted by molar-refractivity contribution is 6.20. The molecule has 1 N–H and O–H groups in total. The lowest BCUT2D eigenvalue weighted by atomic mass is 10.1. The average Bonchev–Trinajstić information content (AvgIpc) is 2.70. The molecule has 17 heavy (non-hydrogen) atoms. The topological polar surface area (TPSA) is 12.0 Å². The third-order valence-corrected chi connectivity index (χ3v) is 3.62. The van der Waals surface area contributed by atoms with Crippen LogP contribution in [-0.2, 0) is 6.54 Å². The summed E-state index contributed by atoms with van der Waals surface area (Å²) in [5, 5.41) is 3.57. The molecule has 94 valence electrons. The van der Waals surface area contributed by atoms with Gasteiger partial charge in [0.1, 0.15) is 0 Å². The van der Waals surface area contributed by atoms with Crippen LogP contribution >= 0.6 is 11.6 Å². The molecule has 0 heterocycles. The van der Waals surface area contributed by atoms with E-state index in [1.165, 1.54) is 6.07 Å². The highest BCUT2D eigenvalue weighted by Crippen LogP contribution is 2.28. The maximum Gasteiger partial charge on any atom is 0.159 e. The van der Waals surface area contributed by atoms with Crippen LogP contribution in [0.25, 0.3) is 0 Å². The largest absolute Gasteiger partial charge is 0.312 e. The lowest BCUT2D eigenvalue weighted by Crippen LogP contribution is -2.21. The Kier molecular flexibility index (Phi) is 4.35. The number of hydrogen-bond acceptors (Lipinski definition) is 1. The SMILES string of the molecule is Fc1ccc(CNCC2CCC(Cl)C2)cc1F. The summed E-state index contributed by atoms with van der Waals surface area (Å²) in [6.07, 6.45) is 3.28. The first-order valence-electron chi connectivity index (χ1n) is 5.94. The summed E-state index contributed by atoms with van der Waals surface area (Å²) in [6.45, 7) is 1.46. The van der Waals surface area contributed by atoms with E-state index < -0.39 is 11.6 Å². The van der Waals surface area contributed by atoms with E-state index in [-0.39, 0.29) is 0 Å². The summed E-state index contributed by atoms with van der Waals surface area (Å²) < 4.78 is 25.6. The molecule has 0 aliphatic heterocycles. The van der Waals surface area contributed by atoms with E-state index in [1.807, 2.05) is 0 Å². The molecule has 1 aromatic rings. The van der Waals surface area contributed by atoms with Crippen LogP contribution in [0, 0.1) is 17.6 Å². The van der Waals surface area contributed by atoms with Crippen molar-refractivity contribution in [2.75, 3.05) is 6.54 Å². The van der Waals surface area contributed by atoms with Gasteiger partial charge in [-0.05, 0) is 49.4 Å². The van der Waals surface area contributed by atoms with Crippen molar-refractivity contribution in [3.8, 4) is 0 Å². The Bertz CT molecular complexity index is 384. The molecule has 1 aliphatic rings. The number of benzene rings is 1. The van der Waals surface area contributed by atoms with E-state index in [1.54, 1.807) is 6.07 Å². The van der Waals surface area contributed by atoms with Crippen molar-refractivity contribution in [1.29, 1.82) is 0 Å². The molecule has 1 aliphatic carbocycles. The highest BCUT2D eigenvalue weighted by Gasteiger charge is 2.22. The highest BCUT2D eigenvalue weighted by atomic mass is 35.5. The quantitative estimate of drug-likeness (QED) is 0.817. The van der Waals surface area contributed by atoms with Gasteiger partial charge in [0, 0.05) is 11.9 Å². The Balaban J connectivity index is 1.76. The summed E-state index contributed by atoms with van der Waals surface area (Å²) in [4.78, 5) is 0. The van der Waals surface area contributed by atoms with Gasteiger partial charge < -0.3 is 5.32 Å². The summed E-state index contributed by atoms with van der Waals surface area (Å²) in [7, 11) is 0. The van der Waals surface area contributed by atoms with Crippen molar-refractivity contribution in [3.63, 3.8) is 0 Å². The second-order valence-electron chi connectivity index (χ2n) is 4.66. The van der Waals surface area contributed by atoms with Crippen LogP contribution < -0.4 is 5.32 Å². The molecule has 1 aromatic carbocycles. The minimum atomic E-state index is -0.797. The number of nitrogens with one attached hydrogen (secondary N) is 1. The zero-order valence-electron chi connectivity index (χ0n) is 9.56. The molecule has 0 amide bonds. The van der Waals surface area contributed by atoms with Gasteiger partial charge in [-0.1, -0.05) is 6.07 Å². The summed E-state index contributed by atoms with van der Waals surface area (Å²) in [5.74, 6) is -0.969. The van der Waals surface area contributed by atoms with Gasteiger partial charge in [0.2, 0.25) is 0 Å². The Hall–Kier alpha value is -0.670. The molecular weight excluding hydrogens is 244 g/mol. The number of rotatable bonds is 4. The summed E-state index contributed by atoms with van der Waals surface area (Å²) in [6, 6.07) is 4.00. The van der Waals surface area contributed by atoms with E-state index >= 15 is 0 Å². The van der Waals surface area contributed by atoms with Crippen molar-refractivity contribution in [3.05, 3.63) is 35.4 Å². The van der Waals surface area contributed by atoms with Crippen LogP contribution in [-0.4, -0.2) is 11.9 Å². The number of halogens is 3. The normalized spacial score (nSPS) is 24.2. The van der Waals surface area contributed by atoms with Crippen molar-refractivity contribution in [2.45, 2.75) is 31.2 Å². The predicted octanol–water partition coefficient (Wildman–Crippen LogP) is 3.46. The molecule has 2 rings (SSSR count). The molecule has 2 unspecified atom stereocenters. The zero-order chi connectivity index (χ0) is 12.3. The van der Waals surface area contributed by atoms with E-state index in [0.717, 1.165) is 37.4 Å². The van der Waals surface area contributed by atoms with Crippen molar-refractivity contribution < 1.29 is 8.78 Å². The molecule has 0 spiro atoms. The maximum absolute atomic E-state index is 12.9. The second kappa shape index (κ2) is 5.78. The Morgan fingerprint density at radius 2 is 2.06 bits per heavy atom. The van der Waals surface area contributed by atoms with Gasteiger partial charge in [-0.25, -0.2) is 8.78 Å². The first-order chi connectivity index (χ1) is 8.15. The fraction of sp³-hybridized carbons (Fsp3) is 0.538. The fourth-order valence-electron chi connectivity index (χ4n) is 2.27. The zero-order valence-corrected chi connectivity index (χ0v) is 10.3. The number of alkyl halides is 1. The van der Waals surface area contributed by atoms with Crippen molar-refractivity contribution in [2.24, 2.45) is 5.92 Å². The lowest BCUT2D eigenvalue weighted by Gasteiger charge is -2.10. The first-order valence-corrected chi connectivity index (χ1v) is 6.37. The fourth-order valence-corrected chi connectivity index (χ4v) is 2.65. The molecule has 0 bridgehead atoms. The van der Waals surface area contributed by atoms with Gasteiger partial charge >= 0.3 is 0 Å². The van der Waals surface area contributed by atoms with Gasteiger partial charge in [0.15, 0.2) is 11.6 Å². The minimum Gasteiger partial charge on any atom is -0.312 e. The standard InChI is InChI=1S/C13H16ClF2N/c14-11-3-1-9(5-11)7-17-8-10-2-4-12(15)13(16)6-10/h2,4,6,9,11,17H,1,3,5,7-8H2. The van der Waals surface area contributed by atoms with Gasteiger partial charge in [-0.3, -0.25) is 0 Å². The monoisotopic (exact) mass is 259 g/mol. The van der Waals surface area contributed by atoms with Crippen LogP contribution in [0.5, 0.6) is 0 Å². The molecule has 0 aromatic heterocycles. The minimum absolute atomic E-state index is 0.310. The van der Waals surface area contributed by atoms with Crippen LogP contribution in [0.15, 0.2) is 18.2 Å². The molecule has 0 radical (unpaired) electrons. The third kappa shape index (κ3) is 3.65. The lowest BCUT2D eigenvalue weighted by molar-refractivity contribution is 0.485. The van der Waals surface area contributed by atoms with E-state index in [9.17, 15) is 8.78 Å². The van der Waals surface area contributed by atoms with Crippen LogP contribution in [0.3, 0.4) is 0 Å². The van der Waals surface area contributed by atoms with Gasteiger partial charge in [0.05, 0.1) is 0 Å². The molecule has 1 saturated carbocycles. The molecule has 1 nitrogen and oxygen atoms in total. The number of hydrogen-bond donors (Lipinski definition) is 1. The van der Waals surface area contributed by atoms with Crippen LogP contribution in [0.1, 0.15) is 24.8 Å². The van der Waals surface area contributed by atoms with Crippen molar-refractivity contribution >= 4 is 11.6 Å². The Morgan fingerprint density at radius 1 is 1.24 bits per heavy atom. The molecular formula is C13H16ClF2N. The van der Waals surface area contributed by atoms with Gasteiger partial charge in [0.25, 0.3) is 0 Å². The van der Waals surface area contributed by atoms with Gasteiger partial charge in [-0.15, -0.1) is 11.6 Å². The van der Waals surface area contributed by atoms with E-state index in [4.69, 9.17) is 11.6 Å². The molecule has 2 atom stereocenters. The Morgan fingerprint density at radius 3 is 2.71 bits per heavy atom. The van der Waals surface area contributed by atoms with Crippen molar-refractivity contribution in [1.82, 2.24) is 5.32 Å². The van der Waals surface area contributed by atoms with Crippen LogP contribution in [0.2, 0.25) is 0 Å².